The van der Waals surface area contributed by atoms with Crippen LogP contribution in [0.25, 0.3) is 10.2 Å². The van der Waals surface area contributed by atoms with E-state index in [1.165, 1.54) is 23.3 Å². The predicted octanol–water partition coefficient (Wildman–Crippen LogP) is 3.79. The molecule has 1 N–H and O–H groups in total. The molecule has 0 saturated heterocycles. The van der Waals surface area contributed by atoms with Crippen molar-refractivity contribution in [1.82, 2.24) is 9.36 Å². The highest BCUT2D eigenvalue weighted by molar-refractivity contribution is 8.01. The number of aromatic nitrogens is 2. The summed E-state index contributed by atoms with van der Waals surface area (Å²) in [6.45, 7) is 1.90. The second-order valence-corrected chi connectivity index (χ2v) is 7.17. The lowest BCUT2D eigenvalue weighted by atomic mass is 10.3. The van der Waals surface area contributed by atoms with Gasteiger partial charge in [-0.3, -0.25) is 4.79 Å². The van der Waals surface area contributed by atoms with Crippen molar-refractivity contribution in [2.24, 2.45) is 0 Å². The molecule has 102 valence electrons. The van der Waals surface area contributed by atoms with Crippen molar-refractivity contribution >= 4 is 55.8 Å². The van der Waals surface area contributed by atoms with Gasteiger partial charge in [-0.15, -0.1) is 11.3 Å². The Morgan fingerprint density at radius 2 is 2.25 bits per heavy atom. The van der Waals surface area contributed by atoms with Gasteiger partial charge in [0.1, 0.15) is 5.00 Å². The van der Waals surface area contributed by atoms with Crippen LogP contribution in [0.3, 0.4) is 0 Å². The smallest absolute Gasteiger partial charge is 0.235 e. The number of nitrogens with zero attached hydrogens (tertiary/aromatic N) is 2. The monoisotopic (exact) mass is 321 g/mol. The zero-order valence-corrected chi connectivity index (χ0v) is 13.1. The van der Waals surface area contributed by atoms with Crippen LogP contribution in [0, 0.1) is 6.92 Å². The van der Waals surface area contributed by atoms with Gasteiger partial charge >= 0.3 is 0 Å². The van der Waals surface area contributed by atoms with Crippen LogP contribution >= 0.6 is 34.6 Å². The van der Waals surface area contributed by atoms with Gasteiger partial charge in [-0.2, -0.15) is 4.37 Å². The second kappa shape index (κ2) is 5.90. The maximum Gasteiger partial charge on any atom is 0.235 e. The number of carbonyl (C=O) groups is 1. The minimum Gasteiger partial charge on any atom is -0.316 e. The number of hydrogen-bond donors (Lipinski definition) is 1. The Kier molecular flexibility index (Phi) is 4.00. The van der Waals surface area contributed by atoms with E-state index in [-0.39, 0.29) is 5.91 Å². The third kappa shape index (κ3) is 3.17. The largest absolute Gasteiger partial charge is 0.316 e. The van der Waals surface area contributed by atoms with E-state index in [9.17, 15) is 4.79 Å². The average Bonchev–Trinajstić information content (AvgIpc) is 3.02. The predicted molar refractivity (Wildman–Crippen MR) is 85.8 cm³/mol. The van der Waals surface area contributed by atoms with E-state index < -0.39 is 0 Å². The Balaban J connectivity index is 1.59. The highest BCUT2D eigenvalue weighted by Crippen LogP contribution is 2.29. The van der Waals surface area contributed by atoms with Crippen LogP contribution in [0.1, 0.15) is 5.69 Å². The molecule has 0 radical (unpaired) electrons. The van der Waals surface area contributed by atoms with Crippen LogP contribution in [0.15, 0.2) is 34.7 Å². The first-order valence-corrected chi connectivity index (χ1v) is 8.50. The highest BCUT2D eigenvalue weighted by Gasteiger charge is 2.08. The molecule has 4 nitrogen and oxygen atoms in total. The lowest BCUT2D eigenvalue weighted by molar-refractivity contribution is -0.113. The van der Waals surface area contributed by atoms with E-state index in [0.717, 1.165) is 25.3 Å². The molecule has 0 aliphatic carbocycles. The van der Waals surface area contributed by atoms with E-state index in [1.807, 2.05) is 37.3 Å². The molecule has 3 rings (SSSR count). The van der Waals surface area contributed by atoms with Gasteiger partial charge in [0.15, 0.2) is 4.34 Å². The number of carbonyl (C=O) groups excluding carboxylic acids is 1. The van der Waals surface area contributed by atoms with Gasteiger partial charge in [0.05, 0.1) is 21.7 Å². The number of aryl methyl sites for hydroxylation is 1. The fraction of sp³-hybridized carbons (Fsp3) is 0.154. The van der Waals surface area contributed by atoms with Gasteiger partial charge in [-0.25, -0.2) is 4.98 Å². The van der Waals surface area contributed by atoms with Crippen molar-refractivity contribution in [1.29, 1.82) is 0 Å². The normalized spacial score (nSPS) is 10.8. The van der Waals surface area contributed by atoms with E-state index in [0.29, 0.717) is 5.75 Å². The number of hydrogen-bond acceptors (Lipinski definition) is 6. The fourth-order valence-electron chi connectivity index (χ4n) is 1.64. The van der Waals surface area contributed by atoms with Crippen molar-refractivity contribution < 1.29 is 4.79 Å². The maximum absolute atomic E-state index is 11.8. The molecule has 1 amide bonds. The summed E-state index contributed by atoms with van der Waals surface area (Å²) in [5.74, 6) is 0.328. The van der Waals surface area contributed by atoms with E-state index >= 15 is 0 Å². The Morgan fingerprint density at radius 1 is 1.40 bits per heavy atom. The molecule has 0 unspecified atom stereocenters. The third-order valence-corrected chi connectivity index (χ3v) is 5.47. The van der Waals surface area contributed by atoms with Crippen molar-refractivity contribution in [3.63, 3.8) is 0 Å². The van der Waals surface area contributed by atoms with Gasteiger partial charge in [0.25, 0.3) is 0 Å². The first kappa shape index (κ1) is 13.5. The highest BCUT2D eigenvalue weighted by atomic mass is 32.2. The van der Waals surface area contributed by atoms with E-state index in [2.05, 4.69) is 14.7 Å². The Bertz CT molecular complexity index is 717. The zero-order valence-electron chi connectivity index (χ0n) is 10.6. The zero-order chi connectivity index (χ0) is 13.9. The number of para-hydroxylation sites is 1. The summed E-state index contributed by atoms with van der Waals surface area (Å²) in [6, 6.07) is 9.85. The van der Waals surface area contributed by atoms with Crippen molar-refractivity contribution in [3.8, 4) is 0 Å². The molecule has 20 heavy (non-hydrogen) atoms. The third-order valence-electron chi connectivity index (χ3n) is 2.49. The van der Waals surface area contributed by atoms with Crippen molar-refractivity contribution in [2.45, 2.75) is 11.3 Å². The standard InChI is InChI=1S/C13H11N3OS3/c1-8-6-12(20-16-8)15-11(17)7-18-13-14-9-4-2-3-5-10(9)19-13/h2-6H,7H2,1H3,(H,15,17). The number of amides is 1. The number of thiazole rings is 1. The first-order valence-electron chi connectivity index (χ1n) is 5.92. The fourth-order valence-corrected chi connectivity index (χ4v) is 4.18. The lowest BCUT2D eigenvalue weighted by Crippen LogP contribution is -2.12. The molecule has 2 aromatic heterocycles. The molecular weight excluding hydrogens is 310 g/mol. The summed E-state index contributed by atoms with van der Waals surface area (Å²) in [7, 11) is 0. The minimum absolute atomic E-state index is 0.0297. The molecule has 3 aromatic rings. The van der Waals surface area contributed by atoms with Gasteiger partial charge < -0.3 is 5.32 Å². The number of anilines is 1. The topological polar surface area (TPSA) is 54.9 Å². The van der Waals surface area contributed by atoms with Crippen LogP contribution < -0.4 is 5.32 Å². The molecule has 0 aliphatic rings. The minimum atomic E-state index is -0.0297. The summed E-state index contributed by atoms with van der Waals surface area (Å²) in [4.78, 5) is 16.3. The number of fused-ring (bicyclic) bond motifs is 1. The van der Waals surface area contributed by atoms with Crippen LogP contribution in [-0.4, -0.2) is 21.0 Å². The van der Waals surface area contributed by atoms with Crippen LogP contribution in [0.4, 0.5) is 5.00 Å². The molecule has 0 saturated carbocycles. The Morgan fingerprint density at radius 3 is 3.00 bits per heavy atom. The molecule has 0 spiro atoms. The first-order chi connectivity index (χ1) is 9.70. The van der Waals surface area contributed by atoms with Gasteiger partial charge in [0.2, 0.25) is 5.91 Å². The van der Waals surface area contributed by atoms with E-state index in [1.54, 1.807) is 11.3 Å². The number of thioether (sulfide) groups is 1. The number of rotatable bonds is 4. The van der Waals surface area contributed by atoms with Gasteiger partial charge in [-0.1, -0.05) is 23.9 Å². The SMILES string of the molecule is Cc1cc(NC(=O)CSc2nc3ccccc3s2)sn1. The summed E-state index contributed by atoms with van der Waals surface area (Å²) < 4.78 is 6.19. The Labute approximate surface area is 128 Å². The summed E-state index contributed by atoms with van der Waals surface area (Å²) in [5.41, 5.74) is 1.91. The number of nitrogens with one attached hydrogen (secondary N) is 1. The van der Waals surface area contributed by atoms with Crippen molar-refractivity contribution in [3.05, 3.63) is 36.0 Å². The quantitative estimate of drug-likeness (QED) is 0.743. The average molecular weight is 321 g/mol. The molecule has 2 heterocycles. The van der Waals surface area contributed by atoms with Crippen LogP contribution in [-0.2, 0) is 4.79 Å². The maximum atomic E-state index is 11.8. The van der Waals surface area contributed by atoms with Crippen LogP contribution in [0.2, 0.25) is 0 Å². The molecule has 0 bridgehead atoms. The Hall–Kier alpha value is -1.44. The van der Waals surface area contributed by atoms with Crippen LogP contribution in [0.5, 0.6) is 0 Å². The number of benzene rings is 1. The van der Waals surface area contributed by atoms with Gasteiger partial charge in [-0.05, 0) is 36.7 Å². The molecule has 7 heteroatoms. The molecule has 0 aliphatic heterocycles. The summed E-state index contributed by atoms with van der Waals surface area (Å²) in [6.07, 6.45) is 0. The molecule has 0 atom stereocenters. The summed E-state index contributed by atoms with van der Waals surface area (Å²) >= 11 is 4.37. The van der Waals surface area contributed by atoms with Gasteiger partial charge in [0, 0.05) is 0 Å². The molecule has 0 fully saturated rings. The summed E-state index contributed by atoms with van der Waals surface area (Å²) in [5, 5.41) is 3.63. The second-order valence-electron chi connectivity index (χ2n) is 4.12. The van der Waals surface area contributed by atoms with Crippen molar-refractivity contribution in [2.75, 3.05) is 11.1 Å². The molecule has 1 aromatic carbocycles. The lowest BCUT2D eigenvalue weighted by Gasteiger charge is -1.99. The van der Waals surface area contributed by atoms with E-state index in [4.69, 9.17) is 0 Å². The molecular formula is C13H11N3OS3.